The predicted molar refractivity (Wildman–Crippen MR) is 178 cm³/mol. The van der Waals surface area contributed by atoms with Crippen LogP contribution < -0.4 is 0 Å². The van der Waals surface area contributed by atoms with Crippen molar-refractivity contribution >= 4 is 11.9 Å². The molecular weight excluding hydrogens is 616 g/mol. The van der Waals surface area contributed by atoms with Gasteiger partial charge in [0, 0.05) is 18.8 Å². The highest BCUT2D eigenvalue weighted by Crippen LogP contribution is 2.48. The summed E-state index contributed by atoms with van der Waals surface area (Å²) in [4.78, 5) is 27.1. The predicted octanol–water partition coefficient (Wildman–Crippen LogP) is 4.63. The molecule has 4 aliphatic heterocycles. The van der Waals surface area contributed by atoms with Gasteiger partial charge >= 0.3 is 11.9 Å². The van der Waals surface area contributed by atoms with E-state index in [1.807, 2.05) is 39.0 Å². The van der Waals surface area contributed by atoms with E-state index in [9.17, 15) is 24.9 Å². The Labute approximate surface area is 284 Å². The van der Waals surface area contributed by atoms with Gasteiger partial charge in [-0.2, -0.15) is 0 Å². The number of carbonyl (C=O) groups excluding carboxylic acids is 2. The van der Waals surface area contributed by atoms with E-state index in [1.165, 1.54) is 0 Å². The van der Waals surface area contributed by atoms with E-state index in [0.29, 0.717) is 24.0 Å². The van der Waals surface area contributed by atoms with Crippen LogP contribution in [0.4, 0.5) is 0 Å². The molecule has 3 fully saturated rings. The molecule has 0 aromatic rings. The Morgan fingerprint density at radius 3 is 2.56 bits per heavy atom. The fraction of sp³-hybridized carbons (Fsp3) is 0.684. The molecule has 5 rings (SSSR count). The van der Waals surface area contributed by atoms with E-state index in [2.05, 4.69) is 19.9 Å². The average Bonchev–Trinajstić information content (AvgIpc) is 3.37. The molecule has 0 radical (unpaired) electrons. The van der Waals surface area contributed by atoms with Gasteiger partial charge in [0.15, 0.2) is 0 Å². The minimum Gasteiger partial charge on any atom is -0.462 e. The number of aliphatic hydroxyl groups is 3. The summed E-state index contributed by atoms with van der Waals surface area (Å²) >= 11 is 0. The van der Waals surface area contributed by atoms with Crippen molar-refractivity contribution in [3.63, 3.8) is 0 Å². The number of aliphatic hydroxyl groups excluding tert-OH is 2. The number of rotatable bonds is 3. The van der Waals surface area contributed by atoms with Gasteiger partial charge in [-0.25, -0.2) is 0 Å². The van der Waals surface area contributed by atoms with Gasteiger partial charge < -0.3 is 39.0 Å². The van der Waals surface area contributed by atoms with Crippen molar-refractivity contribution in [2.24, 2.45) is 23.7 Å². The second-order valence-electron chi connectivity index (χ2n) is 14.9. The Kier molecular flexibility index (Phi) is 10.9. The Morgan fingerprint density at radius 1 is 1.15 bits per heavy atom. The third kappa shape index (κ3) is 6.89. The van der Waals surface area contributed by atoms with Crippen molar-refractivity contribution in [1.82, 2.24) is 0 Å². The van der Waals surface area contributed by atoms with E-state index >= 15 is 0 Å². The quantitative estimate of drug-likeness (QED) is 0.288. The second kappa shape index (κ2) is 14.3. The highest BCUT2D eigenvalue weighted by Gasteiger charge is 2.62. The fourth-order valence-corrected chi connectivity index (χ4v) is 7.85. The molecule has 3 N–H and O–H groups in total. The van der Waals surface area contributed by atoms with Crippen LogP contribution in [0.3, 0.4) is 0 Å². The van der Waals surface area contributed by atoms with Crippen molar-refractivity contribution in [3.05, 3.63) is 58.7 Å². The van der Waals surface area contributed by atoms with E-state index in [0.717, 1.165) is 17.6 Å². The average molecular weight is 671 g/mol. The lowest BCUT2D eigenvalue weighted by atomic mass is 9.71. The van der Waals surface area contributed by atoms with Crippen LogP contribution in [0.5, 0.6) is 0 Å². The van der Waals surface area contributed by atoms with Crippen LogP contribution in [0.25, 0.3) is 0 Å². The molecule has 1 aliphatic carbocycles. The van der Waals surface area contributed by atoms with Crippen LogP contribution in [0.1, 0.15) is 81.1 Å². The number of carbonyl (C=O) groups is 2. The lowest BCUT2D eigenvalue weighted by Gasteiger charge is -2.54. The van der Waals surface area contributed by atoms with Gasteiger partial charge in [0.1, 0.15) is 42.0 Å². The Balaban J connectivity index is 1.57. The molecule has 0 saturated carbocycles. The summed E-state index contributed by atoms with van der Waals surface area (Å²) in [5.74, 6) is -4.54. The third-order valence-corrected chi connectivity index (χ3v) is 10.8. The molecule has 0 amide bonds. The zero-order valence-electron chi connectivity index (χ0n) is 29.5. The van der Waals surface area contributed by atoms with E-state index in [-0.39, 0.29) is 18.9 Å². The van der Waals surface area contributed by atoms with Crippen molar-refractivity contribution < 1.29 is 48.6 Å². The molecule has 2 bridgehead atoms. The summed E-state index contributed by atoms with van der Waals surface area (Å²) in [6.45, 7) is 15.1. The minimum atomic E-state index is -1.82. The minimum absolute atomic E-state index is 0.0199. The number of hydrogen-bond donors (Lipinski definition) is 3. The highest BCUT2D eigenvalue weighted by molar-refractivity contribution is 5.78. The van der Waals surface area contributed by atoms with Gasteiger partial charge in [0.2, 0.25) is 5.79 Å². The van der Waals surface area contributed by atoms with E-state index < -0.39 is 83.8 Å². The molecule has 10 nitrogen and oxygen atoms in total. The summed E-state index contributed by atoms with van der Waals surface area (Å²) in [6.07, 6.45) is 6.59. The van der Waals surface area contributed by atoms with E-state index in [4.69, 9.17) is 23.7 Å². The molecule has 10 heteroatoms. The zero-order chi connectivity index (χ0) is 35.1. The Morgan fingerprint density at radius 2 is 1.88 bits per heavy atom. The van der Waals surface area contributed by atoms with Crippen LogP contribution >= 0.6 is 0 Å². The normalized spacial score (nSPS) is 42.5. The molecular formula is C38H54O10. The highest BCUT2D eigenvalue weighted by atomic mass is 16.7. The largest absolute Gasteiger partial charge is 0.462 e. The first-order chi connectivity index (χ1) is 22.6. The second-order valence-corrected chi connectivity index (χ2v) is 14.9. The van der Waals surface area contributed by atoms with Crippen LogP contribution in [0.15, 0.2) is 58.7 Å². The SMILES string of the molecule is C/C=C(\C)[C@H]1O[C@@]2(C[C@@H]3C[C@@H](CC=C(C)C[C@@H](C)C=CC=C4COC5[C@H](O)C(C)=C[C@@H](C(=O)O3)[C@]45O)O2)[C@H](O)[C@@H](OC(=O)C(C)C)[C@@H]1C. The molecule has 1 spiro atoms. The van der Waals surface area contributed by atoms with Crippen molar-refractivity contribution in [2.75, 3.05) is 6.61 Å². The standard InChI is InChI=1S/C38H54O10/c1-9-23(6)31-25(8)32(46-35(41)20(2)3)33(40)37(48-31)18-28-17-27(47-37)14-13-22(5)15-21(4)11-10-12-26-19-44-34-30(39)24(7)16-29(36(42)45-28)38(26,34)43/h9-13,16,20-21,25,27-34,39-40,43H,14-15,17-19H2,1-8H3/b11-10?,22-13?,23-9+,26-12?/t21-,25+,27+,28-,29-,30+,31+,32-,33+,34?,37-,38+/m0/s1. The first-order valence-corrected chi connectivity index (χ1v) is 17.4. The molecule has 0 aromatic carbocycles. The number of esters is 2. The molecule has 4 heterocycles. The molecule has 12 atom stereocenters. The van der Waals surface area contributed by atoms with Gasteiger partial charge in [-0.1, -0.05) is 69.7 Å². The lowest BCUT2D eigenvalue weighted by molar-refractivity contribution is -0.380. The van der Waals surface area contributed by atoms with Gasteiger partial charge in [0.25, 0.3) is 0 Å². The smallest absolute Gasteiger partial charge is 0.316 e. The fourth-order valence-electron chi connectivity index (χ4n) is 7.85. The maximum absolute atomic E-state index is 14.2. The van der Waals surface area contributed by atoms with Crippen molar-refractivity contribution in [2.45, 2.75) is 135 Å². The summed E-state index contributed by atoms with van der Waals surface area (Å²) in [6, 6.07) is 0. The van der Waals surface area contributed by atoms with Gasteiger partial charge in [-0.15, -0.1) is 0 Å². The maximum Gasteiger partial charge on any atom is 0.316 e. The Bertz CT molecular complexity index is 1390. The van der Waals surface area contributed by atoms with Crippen LogP contribution in [-0.2, 0) is 33.3 Å². The first kappa shape index (κ1) is 36.7. The van der Waals surface area contributed by atoms with Gasteiger partial charge in [0.05, 0.1) is 24.7 Å². The van der Waals surface area contributed by atoms with Crippen molar-refractivity contribution in [1.29, 1.82) is 0 Å². The van der Waals surface area contributed by atoms with Gasteiger partial charge in [-0.3, -0.25) is 9.59 Å². The summed E-state index contributed by atoms with van der Waals surface area (Å²) < 4.78 is 31.5. The summed E-state index contributed by atoms with van der Waals surface area (Å²) in [5, 5.41) is 35.2. The molecule has 1 unspecified atom stereocenters. The third-order valence-electron chi connectivity index (χ3n) is 10.8. The van der Waals surface area contributed by atoms with E-state index in [1.54, 1.807) is 32.9 Å². The molecule has 0 aromatic heterocycles. The summed E-state index contributed by atoms with van der Waals surface area (Å²) in [5.41, 5.74) is 1.21. The molecule has 5 aliphatic rings. The molecule has 3 saturated heterocycles. The van der Waals surface area contributed by atoms with Crippen LogP contribution in [0, 0.1) is 23.7 Å². The number of hydrogen-bond acceptors (Lipinski definition) is 10. The maximum atomic E-state index is 14.2. The Hall–Kier alpha value is -2.60. The van der Waals surface area contributed by atoms with Crippen LogP contribution in [-0.4, -0.2) is 88.0 Å². The van der Waals surface area contributed by atoms with Crippen molar-refractivity contribution in [3.8, 4) is 0 Å². The number of allylic oxidation sites excluding steroid dienone is 5. The first-order valence-electron chi connectivity index (χ1n) is 17.4. The zero-order valence-corrected chi connectivity index (χ0v) is 29.5. The molecule has 48 heavy (non-hydrogen) atoms. The number of fused-ring (bicyclic) bond motifs is 2. The van der Waals surface area contributed by atoms with Gasteiger partial charge in [-0.05, 0) is 63.2 Å². The molecule has 266 valence electrons. The monoisotopic (exact) mass is 670 g/mol. The van der Waals surface area contributed by atoms with Crippen LogP contribution in [0.2, 0.25) is 0 Å². The lowest BCUT2D eigenvalue weighted by Crippen LogP contribution is -2.67. The number of ether oxygens (including phenoxy) is 5. The topological polar surface area (TPSA) is 141 Å². The summed E-state index contributed by atoms with van der Waals surface area (Å²) in [7, 11) is 0.